The monoisotopic (exact) mass is 540 g/mol. The third kappa shape index (κ3) is 5.56. The highest BCUT2D eigenvalue weighted by atomic mass is 16.5. The number of hydrogen-bond donors (Lipinski definition) is 1. The highest BCUT2D eigenvalue weighted by molar-refractivity contribution is 5.96. The lowest BCUT2D eigenvalue weighted by molar-refractivity contribution is 0.122. The Morgan fingerprint density at radius 3 is 2.55 bits per heavy atom. The van der Waals surface area contributed by atoms with Gasteiger partial charge in [-0.25, -0.2) is 0 Å². The second-order valence-electron chi connectivity index (χ2n) is 11.5. The Hall–Kier alpha value is -3.48. The summed E-state index contributed by atoms with van der Waals surface area (Å²) >= 11 is 0. The summed E-state index contributed by atoms with van der Waals surface area (Å²) in [6, 6.07) is 22.8. The van der Waals surface area contributed by atoms with E-state index in [2.05, 4.69) is 79.1 Å². The van der Waals surface area contributed by atoms with Crippen LogP contribution in [0.25, 0.3) is 11.1 Å². The van der Waals surface area contributed by atoms with Gasteiger partial charge in [-0.2, -0.15) is 0 Å². The van der Waals surface area contributed by atoms with Gasteiger partial charge >= 0.3 is 0 Å². The number of aromatic hydroxyl groups is 1. The minimum Gasteiger partial charge on any atom is -0.508 e. The molecule has 1 unspecified atom stereocenters. The lowest BCUT2D eigenvalue weighted by Gasteiger charge is -2.33. The highest BCUT2D eigenvalue weighted by Crippen LogP contribution is 2.47. The van der Waals surface area contributed by atoms with Crippen molar-refractivity contribution in [2.45, 2.75) is 39.3 Å². The zero-order valence-electron chi connectivity index (χ0n) is 23.8. The topological polar surface area (TPSA) is 54.4 Å². The number of rotatable bonds is 7. The third-order valence-electron chi connectivity index (χ3n) is 8.56. The van der Waals surface area contributed by atoms with Gasteiger partial charge in [-0.3, -0.25) is 4.90 Å². The summed E-state index contributed by atoms with van der Waals surface area (Å²) in [5.41, 5.74) is 6.52. The van der Waals surface area contributed by atoms with E-state index in [1.165, 1.54) is 12.1 Å². The lowest BCUT2D eigenvalue weighted by atomic mass is 9.86. The third-order valence-corrected chi connectivity index (χ3v) is 8.56. The van der Waals surface area contributed by atoms with Gasteiger partial charge in [-0.15, -0.1) is 0 Å². The predicted molar refractivity (Wildman–Crippen MR) is 160 cm³/mol. The number of fused-ring (bicyclic) bond motifs is 1. The molecule has 2 fully saturated rings. The Morgan fingerprint density at radius 2 is 1.80 bits per heavy atom. The average Bonchev–Trinajstić information content (AvgIpc) is 3.43. The van der Waals surface area contributed by atoms with Gasteiger partial charge in [0, 0.05) is 42.5 Å². The van der Waals surface area contributed by atoms with Gasteiger partial charge < -0.3 is 24.2 Å². The minimum absolute atomic E-state index is 0.237. The number of ether oxygens (including phenoxy) is 3. The average molecular weight is 541 g/mol. The van der Waals surface area contributed by atoms with Crippen molar-refractivity contribution < 1.29 is 19.3 Å². The van der Waals surface area contributed by atoms with Gasteiger partial charge in [-0.05, 0) is 91.9 Å². The van der Waals surface area contributed by atoms with E-state index < -0.39 is 0 Å². The normalized spacial score (nSPS) is 22.1. The predicted octanol–water partition coefficient (Wildman–Crippen LogP) is 6.40. The molecule has 0 saturated carbocycles. The standard InChI is InChI=1S/C34H40N2O4/c1-23-13-14-36(21-23)24(2)22-39-30-10-7-26(8-11-30)34-33(25(3)31-20-29(37)9-12-32(31)40-34)27-5-4-6-28(19-27)35-15-17-38-18-16-35/h4-12,19-20,23-24,34,37H,13-18,21-22H2,1-3H3/t23-,24+,34?/m1/s1. The molecule has 0 radical (unpaired) electrons. The molecule has 0 aromatic heterocycles. The molecule has 6 rings (SSSR count). The molecular formula is C34H40N2O4. The molecule has 6 heteroatoms. The minimum atomic E-state index is -0.281. The number of anilines is 1. The fourth-order valence-electron chi connectivity index (χ4n) is 6.17. The fraction of sp³-hybridized carbons (Fsp3) is 0.412. The lowest BCUT2D eigenvalue weighted by Crippen LogP contribution is -2.36. The van der Waals surface area contributed by atoms with Gasteiger partial charge in [0.15, 0.2) is 0 Å². The second kappa shape index (κ2) is 11.6. The SMILES string of the molecule is CC1=C(c2cccc(N3CCOCC3)c2)C(c2ccc(OC[C@H](C)N3CC[C@@H](C)C3)cc2)Oc2ccc(O)cc21. The van der Waals surface area contributed by atoms with Crippen molar-refractivity contribution in [2.24, 2.45) is 5.92 Å². The van der Waals surface area contributed by atoms with Crippen LogP contribution in [-0.2, 0) is 4.74 Å². The van der Waals surface area contributed by atoms with E-state index in [4.69, 9.17) is 14.2 Å². The van der Waals surface area contributed by atoms with Crippen molar-refractivity contribution in [3.63, 3.8) is 0 Å². The highest BCUT2D eigenvalue weighted by Gasteiger charge is 2.30. The maximum absolute atomic E-state index is 10.2. The number of phenolic OH excluding ortho intramolecular Hbond substituents is 1. The Kier molecular flexibility index (Phi) is 7.72. The zero-order valence-corrected chi connectivity index (χ0v) is 23.8. The summed E-state index contributed by atoms with van der Waals surface area (Å²) in [5, 5.41) is 10.2. The number of allylic oxidation sites excluding steroid dienone is 1. The van der Waals surface area contributed by atoms with Crippen molar-refractivity contribution in [3.05, 3.63) is 83.4 Å². The molecule has 0 spiro atoms. The fourth-order valence-corrected chi connectivity index (χ4v) is 6.17. The first-order valence-electron chi connectivity index (χ1n) is 14.6. The summed E-state index contributed by atoms with van der Waals surface area (Å²) in [5.74, 6) is 2.66. The Bertz CT molecular complexity index is 1360. The van der Waals surface area contributed by atoms with Crippen molar-refractivity contribution >= 4 is 16.8 Å². The van der Waals surface area contributed by atoms with Crippen LogP contribution in [0, 0.1) is 5.92 Å². The first-order chi connectivity index (χ1) is 19.5. The molecular weight excluding hydrogens is 500 g/mol. The zero-order chi connectivity index (χ0) is 27.6. The molecule has 0 bridgehead atoms. The van der Waals surface area contributed by atoms with Gasteiger partial charge in [0.1, 0.15) is 30.0 Å². The Balaban J connectivity index is 1.28. The van der Waals surface area contributed by atoms with E-state index in [1.807, 2.05) is 6.07 Å². The van der Waals surface area contributed by atoms with Crippen LogP contribution < -0.4 is 14.4 Å². The molecule has 1 N–H and O–H groups in total. The number of hydrogen-bond acceptors (Lipinski definition) is 6. The van der Waals surface area contributed by atoms with Crippen molar-refractivity contribution in [1.29, 1.82) is 0 Å². The summed E-state index contributed by atoms with van der Waals surface area (Å²) in [6.45, 7) is 13.0. The molecule has 3 atom stereocenters. The molecule has 210 valence electrons. The van der Waals surface area contributed by atoms with Crippen molar-refractivity contribution in [2.75, 3.05) is 50.9 Å². The molecule has 6 nitrogen and oxygen atoms in total. The van der Waals surface area contributed by atoms with E-state index >= 15 is 0 Å². The van der Waals surface area contributed by atoms with Gasteiger partial charge in [0.25, 0.3) is 0 Å². The maximum atomic E-state index is 10.2. The first-order valence-corrected chi connectivity index (χ1v) is 14.6. The molecule has 3 heterocycles. The molecule has 0 aliphatic carbocycles. The van der Waals surface area contributed by atoms with Gasteiger partial charge in [0.05, 0.1) is 13.2 Å². The van der Waals surface area contributed by atoms with Gasteiger partial charge in [-0.1, -0.05) is 31.2 Å². The number of nitrogens with zero attached hydrogens (tertiary/aromatic N) is 2. The molecule has 3 aromatic rings. The smallest absolute Gasteiger partial charge is 0.150 e. The summed E-state index contributed by atoms with van der Waals surface area (Å²) in [4.78, 5) is 4.90. The van der Waals surface area contributed by atoms with Crippen LogP contribution in [0.1, 0.15) is 50.0 Å². The van der Waals surface area contributed by atoms with E-state index in [-0.39, 0.29) is 11.9 Å². The van der Waals surface area contributed by atoms with Crippen LogP contribution in [0.2, 0.25) is 0 Å². The van der Waals surface area contributed by atoms with Crippen LogP contribution in [-0.4, -0.2) is 62.0 Å². The van der Waals surface area contributed by atoms with Crippen LogP contribution in [0.5, 0.6) is 17.2 Å². The second-order valence-corrected chi connectivity index (χ2v) is 11.5. The van der Waals surface area contributed by atoms with Crippen LogP contribution in [0.3, 0.4) is 0 Å². The van der Waals surface area contributed by atoms with Crippen molar-refractivity contribution in [3.8, 4) is 17.2 Å². The molecule has 40 heavy (non-hydrogen) atoms. The number of benzene rings is 3. The molecule has 3 aromatic carbocycles. The van der Waals surface area contributed by atoms with E-state index in [0.717, 1.165) is 84.6 Å². The van der Waals surface area contributed by atoms with E-state index in [9.17, 15) is 5.11 Å². The summed E-state index contributed by atoms with van der Waals surface area (Å²) < 4.78 is 18.4. The summed E-state index contributed by atoms with van der Waals surface area (Å²) in [7, 11) is 0. The Morgan fingerprint density at radius 1 is 1.00 bits per heavy atom. The Labute approximate surface area is 237 Å². The van der Waals surface area contributed by atoms with E-state index in [1.54, 1.807) is 12.1 Å². The number of morpholine rings is 1. The molecule has 2 saturated heterocycles. The van der Waals surface area contributed by atoms with Gasteiger partial charge in [0.2, 0.25) is 0 Å². The largest absolute Gasteiger partial charge is 0.508 e. The van der Waals surface area contributed by atoms with Crippen LogP contribution >= 0.6 is 0 Å². The quantitative estimate of drug-likeness (QED) is 0.374. The number of phenols is 1. The summed E-state index contributed by atoms with van der Waals surface area (Å²) in [6.07, 6.45) is 0.990. The molecule has 3 aliphatic rings. The van der Waals surface area contributed by atoms with Crippen LogP contribution in [0.15, 0.2) is 66.7 Å². The van der Waals surface area contributed by atoms with Crippen LogP contribution in [0.4, 0.5) is 5.69 Å². The molecule has 3 aliphatic heterocycles. The first kappa shape index (κ1) is 26.7. The van der Waals surface area contributed by atoms with E-state index in [0.29, 0.717) is 12.6 Å². The van der Waals surface area contributed by atoms with Crippen molar-refractivity contribution in [1.82, 2.24) is 4.90 Å². The molecule has 0 amide bonds. The number of likely N-dealkylation sites (tertiary alicyclic amines) is 1. The maximum Gasteiger partial charge on any atom is 0.150 e.